The predicted molar refractivity (Wildman–Crippen MR) is 62.8 cm³/mol. The van der Waals surface area contributed by atoms with E-state index in [1.807, 2.05) is 6.92 Å². The van der Waals surface area contributed by atoms with E-state index in [1.54, 1.807) is 0 Å². The highest BCUT2D eigenvalue weighted by Gasteiger charge is 2.37. The lowest BCUT2D eigenvalue weighted by molar-refractivity contribution is -0.137. The largest absolute Gasteiger partial charge is 0.391 e. The standard InChI is InChI=1S/C11H21N3O3/c1-2-3-7(12)4-10(16)14-6-8(15)5-9(14)11(13)17/h7-9,15H,2-6,12H2,1H3,(H2,13,17). The van der Waals surface area contributed by atoms with Crippen LogP contribution in [0.5, 0.6) is 0 Å². The van der Waals surface area contributed by atoms with Crippen molar-refractivity contribution in [1.29, 1.82) is 0 Å². The molecule has 0 bridgehead atoms. The summed E-state index contributed by atoms with van der Waals surface area (Å²) < 4.78 is 0. The fourth-order valence-electron chi connectivity index (χ4n) is 2.17. The van der Waals surface area contributed by atoms with Crippen LogP contribution >= 0.6 is 0 Å². The Morgan fingerprint density at radius 3 is 2.71 bits per heavy atom. The number of carbonyl (C=O) groups excluding carboxylic acids is 2. The zero-order valence-electron chi connectivity index (χ0n) is 10.1. The third-order valence-corrected chi connectivity index (χ3v) is 3.02. The fraction of sp³-hybridized carbons (Fsp3) is 0.818. The number of hydrogen-bond donors (Lipinski definition) is 3. The molecule has 0 radical (unpaired) electrons. The molecule has 1 fully saturated rings. The van der Waals surface area contributed by atoms with E-state index in [-0.39, 0.29) is 31.3 Å². The number of β-amino-alcohol motifs (C(OH)–C–C–N with tert-alkyl or cyclic N) is 1. The van der Waals surface area contributed by atoms with Gasteiger partial charge in [0.2, 0.25) is 11.8 Å². The summed E-state index contributed by atoms with van der Waals surface area (Å²) in [4.78, 5) is 24.4. The number of amides is 2. The molecule has 1 saturated heterocycles. The van der Waals surface area contributed by atoms with Crippen LogP contribution in [0, 0.1) is 0 Å². The van der Waals surface area contributed by atoms with Gasteiger partial charge in [0, 0.05) is 25.4 Å². The summed E-state index contributed by atoms with van der Waals surface area (Å²) in [6, 6.07) is -0.884. The van der Waals surface area contributed by atoms with Crippen LogP contribution in [0.3, 0.4) is 0 Å². The molecule has 1 aliphatic rings. The number of hydrogen-bond acceptors (Lipinski definition) is 4. The quantitative estimate of drug-likeness (QED) is 0.572. The van der Waals surface area contributed by atoms with Crippen molar-refractivity contribution in [3.8, 4) is 0 Å². The molecule has 0 aliphatic carbocycles. The molecular weight excluding hydrogens is 222 g/mol. The van der Waals surface area contributed by atoms with Crippen LogP contribution in [0.15, 0.2) is 0 Å². The van der Waals surface area contributed by atoms with Crippen molar-refractivity contribution in [3.63, 3.8) is 0 Å². The predicted octanol–water partition coefficient (Wildman–Crippen LogP) is -1.05. The first-order valence-electron chi connectivity index (χ1n) is 5.98. The summed E-state index contributed by atoms with van der Waals surface area (Å²) in [6.07, 6.45) is 1.44. The SMILES string of the molecule is CCCC(N)CC(=O)N1CC(O)CC1C(N)=O. The van der Waals surface area contributed by atoms with Crippen LogP contribution < -0.4 is 11.5 Å². The highest BCUT2D eigenvalue weighted by molar-refractivity contribution is 5.87. The molecule has 0 spiro atoms. The molecule has 3 atom stereocenters. The first-order chi connectivity index (χ1) is 7.95. The number of rotatable bonds is 5. The topological polar surface area (TPSA) is 110 Å². The smallest absolute Gasteiger partial charge is 0.240 e. The molecule has 98 valence electrons. The van der Waals surface area contributed by atoms with Gasteiger partial charge in [-0.25, -0.2) is 0 Å². The first-order valence-corrected chi connectivity index (χ1v) is 5.98. The van der Waals surface area contributed by atoms with Crippen molar-refractivity contribution in [2.24, 2.45) is 11.5 Å². The van der Waals surface area contributed by atoms with Crippen molar-refractivity contribution in [2.45, 2.75) is 50.8 Å². The molecule has 6 nitrogen and oxygen atoms in total. The Morgan fingerprint density at radius 2 is 2.18 bits per heavy atom. The zero-order chi connectivity index (χ0) is 13.0. The van der Waals surface area contributed by atoms with Gasteiger partial charge in [-0.2, -0.15) is 0 Å². The van der Waals surface area contributed by atoms with E-state index in [2.05, 4.69) is 0 Å². The monoisotopic (exact) mass is 243 g/mol. The van der Waals surface area contributed by atoms with Gasteiger partial charge in [-0.05, 0) is 6.42 Å². The highest BCUT2D eigenvalue weighted by Crippen LogP contribution is 2.19. The molecule has 2 amide bonds. The molecular formula is C11H21N3O3. The van der Waals surface area contributed by atoms with E-state index in [9.17, 15) is 14.7 Å². The van der Waals surface area contributed by atoms with Gasteiger partial charge in [0.1, 0.15) is 6.04 Å². The Labute approximate surface area is 101 Å². The second-order valence-electron chi connectivity index (χ2n) is 4.61. The number of nitrogens with zero attached hydrogens (tertiary/aromatic N) is 1. The number of primary amides is 1. The Hall–Kier alpha value is -1.14. The average molecular weight is 243 g/mol. The minimum Gasteiger partial charge on any atom is -0.391 e. The number of nitrogens with two attached hydrogens (primary N) is 2. The number of aliphatic hydroxyl groups is 1. The third-order valence-electron chi connectivity index (χ3n) is 3.02. The van der Waals surface area contributed by atoms with E-state index in [0.717, 1.165) is 12.8 Å². The molecule has 0 aromatic heterocycles. The van der Waals surface area contributed by atoms with Crippen LogP contribution in [-0.4, -0.2) is 46.6 Å². The maximum Gasteiger partial charge on any atom is 0.240 e. The average Bonchev–Trinajstić information content (AvgIpc) is 2.60. The van der Waals surface area contributed by atoms with Crippen LogP contribution in [-0.2, 0) is 9.59 Å². The summed E-state index contributed by atoms with van der Waals surface area (Å²) in [5, 5.41) is 9.47. The Morgan fingerprint density at radius 1 is 1.53 bits per heavy atom. The molecule has 1 rings (SSSR count). The van der Waals surface area contributed by atoms with Crippen molar-refractivity contribution < 1.29 is 14.7 Å². The molecule has 5 N–H and O–H groups in total. The lowest BCUT2D eigenvalue weighted by Crippen LogP contribution is -2.45. The molecule has 1 heterocycles. The maximum atomic E-state index is 11.9. The van der Waals surface area contributed by atoms with E-state index >= 15 is 0 Å². The lowest BCUT2D eigenvalue weighted by Gasteiger charge is -2.23. The van der Waals surface area contributed by atoms with Crippen LogP contribution in [0.1, 0.15) is 32.6 Å². The molecule has 3 unspecified atom stereocenters. The van der Waals surface area contributed by atoms with E-state index in [4.69, 9.17) is 11.5 Å². The molecule has 0 aromatic carbocycles. The van der Waals surface area contributed by atoms with Crippen LogP contribution in [0.2, 0.25) is 0 Å². The van der Waals surface area contributed by atoms with Gasteiger partial charge in [0.25, 0.3) is 0 Å². The van der Waals surface area contributed by atoms with Gasteiger partial charge in [-0.15, -0.1) is 0 Å². The van der Waals surface area contributed by atoms with Crippen molar-refractivity contribution >= 4 is 11.8 Å². The van der Waals surface area contributed by atoms with E-state index in [1.165, 1.54) is 4.90 Å². The molecule has 6 heteroatoms. The Balaban J connectivity index is 2.58. The summed E-state index contributed by atoms with van der Waals surface area (Å²) in [5.74, 6) is -0.773. The Kier molecular flexibility index (Phi) is 4.89. The van der Waals surface area contributed by atoms with Crippen molar-refractivity contribution in [3.05, 3.63) is 0 Å². The van der Waals surface area contributed by atoms with Gasteiger partial charge < -0.3 is 21.5 Å². The van der Waals surface area contributed by atoms with E-state index < -0.39 is 18.1 Å². The van der Waals surface area contributed by atoms with E-state index in [0.29, 0.717) is 0 Å². The first kappa shape index (κ1) is 13.9. The minimum absolute atomic E-state index is 0.172. The van der Waals surface area contributed by atoms with Crippen molar-refractivity contribution in [1.82, 2.24) is 4.90 Å². The maximum absolute atomic E-state index is 11.9. The van der Waals surface area contributed by atoms with Gasteiger partial charge in [0.15, 0.2) is 0 Å². The van der Waals surface area contributed by atoms with Crippen LogP contribution in [0.4, 0.5) is 0 Å². The number of aliphatic hydroxyl groups excluding tert-OH is 1. The minimum atomic E-state index is -0.689. The fourth-order valence-corrected chi connectivity index (χ4v) is 2.17. The molecule has 1 aliphatic heterocycles. The van der Waals surface area contributed by atoms with Crippen LogP contribution in [0.25, 0.3) is 0 Å². The van der Waals surface area contributed by atoms with Crippen molar-refractivity contribution in [2.75, 3.05) is 6.54 Å². The lowest BCUT2D eigenvalue weighted by atomic mass is 10.1. The summed E-state index contributed by atoms with van der Waals surface area (Å²) >= 11 is 0. The molecule has 0 saturated carbocycles. The third kappa shape index (κ3) is 3.67. The summed E-state index contributed by atoms with van der Waals surface area (Å²) in [6.45, 7) is 2.17. The normalized spacial score (nSPS) is 25.9. The molecule has 0 aromatic rings. The number of likely N-dealkylation sites (tertiary alicyclic amines) is 1. The van der Waals surface area contributed by atoms with Gasteiger partial charge in [0.05, 0.1) is 6.10 Å². The second-order valence-corrected chi connectivity index (χ2v) is 4.61. The van der Waals surface area contributed by atoms with Gasteiger partial charge in [-0.3, -0.25) is 9.59 Å². The summed E-state index contributed by atoms with van der Waals surface area (Å²) in [7, 11) is 0. The Bertz CT molecular complexity index is 296. The second kappa shape index (κ2) is 5.97. The highest BCUT2D eigenvalue weighted by atomic mass is 16.3. The summed E-state index contributed by atoms with van der Waals surface area (Å²) in [5.41, 5.74) is 11.0. The van der Waals surface area contributed by atoms with Gasteiger partial charge in [-0.1, -0.05) is 13.3 Å². The number of carbonyl (C=O) groups is 2. The van der Waals surface area contributed by atoms with Gasteiger partial charge >= 0.3 is 0 Å². The molecule has 17 heavy (non-hydrogen) atoms. The zero-order valence-corrected chi connectivity index (χ0v) is 10.1.